The van der Waals surface area contributed by atoms with Crippen molar-refractivity contribution in [3.63, 3.8) is 0 Å². The number of hydrogen-bond acceptors (Lipinski definition) is 2. The molecule has 0 atom stereocenters. The summed E-state index contributed by atoms with van der Waals surface area (Å²) in [6.45, 7) is 11.6. The van der Waals surface area contributed by atoms with Crippen molar-refractivity contribution < 1.29 is 12.3 Å². The van der Waals surface area contributed by atoms with Crippen LogP contribution in [0.1, 0.15) is 38.8 Å². The van der Waals surface area contributed by atoms with Crippen LogP contribution >= 0.6 is 0 Å². The van der Waals surface area contributed by atoms with Crippen LogP contribution in [0.2, 0.25) is 0 Å². The van der Waals surface area contributed by atoms with Crippen LogP contribution in [0.4, 0.5) is 0 Å². The number of benzene rings is 1. The van der Waals surface area contributed by atoms with Gasteiger partial charge in [0.15, 0.2) is 0 Å². The van der Waals surface area contributed by atoms with Gasteiger partial charge in [-0.05, 0) is 45.2 Å². The maximum absolute atomic E-state index is 13.1. The summed E-state index contributed by atoms with van der Waals surface area (Å²) in [5.41, 5.74) is 1.79. The molecule has 1 aromatic carbocycles. The molecule has 0 unspecified atom stereocenters. The van der Waals surface area contributed by atoms with E-state index in [1.165, 1.54) is 0 Å². The first-order chi connectivity index (χ1) is 8.90. The highest BCUT2D eigenvalue weighted by atomic mass is 32.2. The number of quaternary nitrogens is 1. The molecular formula is C15H26NO2S+. The Morgan fingerprint density at radius 1 is 1.00 bits per heavy atom. The zero-order valence-corrected chi connectivity index (χ0v) is 13.5. The minimum absolute atomic E-state index is 0.130. The number of hydrogen-bond donors (Lipinski definition) is 0. The highest BCUT2D eigenvalue weighted by molar-refractivity contribution is 7.86. The quantitative estimate of drug-likeness (QED) is 0.752. The van der Waals surface area contributed by atoms with Gasteiger partial charge in [-0.2, -0.15) is 8.42 Å². The molecular weight excluding hydrogens is 258 g/mol. The number of sulfonamides is 1. The van der Waals surface area contributed by atoms with Crippen LogP contribution in [-0.2, 0) is 16.4 Å². The Morgan fingerprint density at radius 3 is 1.95 bits per heavy atom. The fourth-order valence-corrected chi connectivity index (χ4v) is 5.16. The van der Waals surface area contributed by atoms with Gasteiger partial charge in [0.25, 0.3) is 0 Å². The Morgan fingerprint density at radius 2 is 1.53 bits per heavy atom. The number of nitrogens with zero attached hydrogens (tertiary/aromatic N) is 1. The summed E-state index contributed by atoms with van der Waals surface area (Å²) in [6, 6.07) is 5.75. The van der Waals surface area contributed by atoms with Crippen molar-refractivity contribution in [1.29, 1.82) is 0 Å². The van der Waals surface area contributed by atoms with Gasteiger partial charge >= 0.3 is 10.0 Å². The lowest BCUT2D eigenvalue weighted by Gasteiger charge is -2.34. The van der Waals surface area contributed by atoms with Crippen molar-refractivity contribution in [2.45, 2.75) is 45.9 Å². The minimum Gasteiger partial charge on any atom is -0.215 e. The fourth-order valence-electron chi connectivity index (χ4n) is 2.74. The second kappa shape index (κ2) is 6.06. The predicted octanol–water partition coefficient (Wildman–Crippen LogP) is 3.12. The summed E-state index contributed by atoms with van der Waals surface area (Å²) in [7, 11) is -3.35. The van der Waals surface area contributed by atoms with E-state index in [1.54, 1.807) is 0 Å². The molecule has 1 rings (SSSR count). The van der Waals surface area contributed by atoms with Gasteiger partial charge in [0.05, 0.1) is 19.6 Å². The number of aryl methyl sites for hydroxylation is 2. The average molecular weight is 284 g/mol. The standard InChI is InChI=1S/C15H26NO2S/c1-6-14-12-10-11-13(5)15(14)19(17,18)16(7-2,8-3)9-4/h10-12H,6-9H2,1-5H3/q+1. The molecule has 4 heteroatoms. The molecule has 0 radical (unpaired) electrons. The van der Waals surface area contributed by atoms with E-state index in [1.807, 2.05) is 52.8 Å². The Kier molecular flexibility index (Phi) is 5.16. The van der Waals surface area contributed by atoms with Gasteiger partial charge in [-0.3, -0.25) is 0 Å². The van der Waals surface area contributed by atoms with Crippen LogP contribution in [0.15, 0.2) is 23.1 Å². The first-order valence-electron chi connectivity index (χ1n) is 7.09. The van der Waals surface area contributed by atoms with E-state index in [0.29, 0.717) is 24.5 Å². The van der Waals surface area contributed by atoms with E-state index in [2.05, 4.69) is 0 Å². The Labute approximate surface area is 117 Å². The molecule has 3 nitrogen and oxygen atoms in total. The third kappa shape index (κ3) is 2.56. The molecule has 0 fully saturated rings. The minimum atomic E-state index is -3.35. The highest BCUT2D eigenvalue weighted by Crippen LogP contribution is 2.29. The molecule has 0 bridgehead atoms. The van der Waals surface area contributed by atoms with Crippen molar-refractivity contribution in [2.75, 3.05) is 19.6 Å². The molecule has 108 valence electrons. The zero-order valence-electron chi connectivity index (χ0n) is 12.7. The summed E-state index contributed by atoms with van der Waals surface area (Å²) in [5, 5.41) is 0. The van der Waals surface area contributed by atoms with Gasteiger partial charge < -0.3 is 0 Å². The molecule has 0 aliphatic rings. The maximum Gasteiger partial charge on any atom is 0.327 e. The Bertz CT molecular complexity index is 523. The Hall–Kier alpha value is -0.870. The first kappa shape index (κ1) is 16.2. The second-order valence-electron chi connectivity index (χ2n) is 4.90. The molecule has 0 heterocycles. The van der Waals surface area contributed by atoms with Crippen molar-refractivity contribution in [1.82, 2.24) is 0 Å². The molecule has 0 N–H and O–H groups in total. The Balaban J connectivity index is 3.60. The monoisotopic (exact) mass is 284 g/mol. The van der Waals surface area contributed by atoms with Crippen molar-refractivity contribution in [3.8, 4) is 0 Å². The third-order valence-corrected chi connectivity index (χ3v) is 7.07. The second-order valence-corrected chi connectivity index (χ2v) is 7.03. The third-order valence-electron chi connectivity index (χ3n) is 4.17. The lowest BCUT2D eigenvalue weighted by atomic mass is 10.1. The topological polar surface area (TPSA) is 34.1 Å². The van der Waals surface area contributed by atoms with Crippen LogP contribution < -0.4 is 0 Å². The highest BCUT2D eigenvalue weighted by Gasteiger charge is 2.40. The molecule has 0 aliphatic heterocycles. The molecule has 19 heavy (non-hydrogen) atoms. The van der Waals surface area contributed by atoms with Crippen molar-refractivity contribution in [2.24, 2.45) is 0 Å². The van der Waals surface area contributed by atoms with Crippen LogP contribution in [0.3, 0.4) is 0 Å². The van der Waals surface area contributed by atoms with E-state index in [-0.39, 0.29) is 3.89 Å². The van der Waals surface area contributed by atoms with Crippen LogP contribution in [0, 0.1) is 6.92 Å². The largest absolute Gasteiger partial charge is 0.327 e. The summed E-state index contributed by atoms with van der Waals surface area (Å²) >= 11 is 0. The molecule has 0 aliphatic carbocycles. The van der Waals surface area contributed by atoms with Gasteiger partial charge in [0.1, 0.15) is 4.90 Å². The van der Waals surface area contributed by atoms with E-state index >= 15 is 0 Å². The average Bonchev–Trinajstić information content (AvgIpc) is 2.40. The summed E-state index contributed by atoms with van der Waals surface area (Å²) in [6.07, 6.45) is 0.743. The summed E-state index contributed by atoms with van der Waals surface area (Å²) in [4.78, 5) is 0.544. The molecule has 0 amide bonds. The van der Waals surface area contributed by atoms with E-state index in [9.17, 15) is 8.42 Å². The van der Waals surface area contributed by atoms with Crippen LogP contribution in [0.5, 0.6) is 0 Å². The number of rotatable bonds is 6. The predicted molar refractivity (Wildman–Crippen MR) is 79.6 cm³/mol. The molecule has 0 saturated carbocycles. The normalized spacial score (nSPS) is 12.7. The van der Waals surface area contributed by atoms with E-state index in [4.69, 9.17) is 0 Å². The smallest absolute Gasteiger partial charge is 0.215 e. The van der Waals surface area contributed by atoms with Crippen molar-refractivity contribution in [3.05, 3.63) is 29.3 Å². The fraction of sp³-hybridized carbons (Fsp3) is 0.600. The molecule has 0 aromatic heterocycles. The lowest BCUT2D eigenvalue weighted by molar-refractivity contribution is -0.800. The van der Waals surface area contributed by atoms with E-state index < -0.39 is 10.0 Å². The first-order valence-corrected chi connectivity index (χ1v) is 8.53. The molecule has 0 spiro atoms. The molecule has 0 saturated heterocycles. The van der Waals surface area contributed by atoms with Gasteiger partial charge in [-0.15, -0.1) is 0 Å². The maximum atomic E-state index is 13.1. The van der Waals surface area contributed by atoms with Gasteiger partial charge in [0, 0.05) is 0 Å². The van der Waals surface area contributed by atoms with E-state index in [0.717, 1.165) is 17.5 Å². The SMILES string of the molecule is CCc1cccc(C)c1S(=O)(=O)[N+](CC)(CC)CC. The van der Waals surface area contributed by atoms with Crippen LogP contribution in [0.25, 0.3) is 0 Å². The van der Waals surface area contributed by atoms with Gasteiger partial charge in [0.2, 0.25) is 0 Å². The summed E-state index contributed by atoms with van der Waals surface area (Å²) in [5.74, 6) is 0. The van der Waals surface area contributed by atoms with Gasteiger partial charge in [-0.25, -0.2) is 3.89 Å². The lowest BCUT2D eigenvalue weighted by Crippen LogP contribution is -2.52. The van der Waals surface area contributed by atoms with Gasteiger partial charge in [-0.1, -0.05) is 25.1 Å². The zero-order chi connectivity index (χ0) is 14.7. The van der Waals surface area contributed by atoms with Crippen LogP contribution in [-0.4, -0.2) is 31.9 Å². The summed E-state index contributed by atoms with van der Waals surface area (Å²) < 4.78 is 26.4. The van der Waals surface area contributed by atoms with Crippen molar-refractivity contribution >= 4 is 10.0 Å². The molecule has 1 aromatic rings.